The molecule has 0 spiro atoms. The number of thioether (sulfide) groups is 1. The second-order valence-electron chi connectivity index (χ2n) is 6.41. The number of halogens is 1. The maximum atomic E-state index is 13.0. The first-order chi connectivity index (χ1) is 12.9. The van der Waals surface area contributed by atoms with E-state index in [9.17, 15) is 9.18 Å². The molecule has 1 aromatic heterocycles. The van der Waals surface area contributed by atoms with E-state index in [0.717, 1.165) is 5.69 Å². The molecular formula is C20H20FN3O2S. The van der Waals surface area contributed by atoms with Crippen LogP contribution in [0.3, 0.4) is 0 Å². The van der Waals surface area contributed by atoms with E-state index < -0.39 is 5.25 Å². The summed E-state index contributed by atoms with van der Waals surface area (Å²) >= 11 is 1.17. The van der Waals surface area contributed by atoms with Gasteiger partial charge in [0.1, 0.15) is 5.82 Å². The third-order valence-corrected chi connectivity index (χ3v) is 4.92. The van der Waals surface area contributed by atoms with Crippen molar-refractivity contribution in [2.75, 3.05) is 5.32 Å². The Bertz CT molecular complexity index is 908. The molecule has 140 valence electrons. The van der Waals surface area contributed by atoms with Crippen molar-refractivity contribution in [1.82, 2.24) is 10.2 Å². The van der Waals surface area contributed by atoms with Gasteiger partial charge in [-0.1, -0.05) is 37.7 Å². The summed E-state index contributed by atoms with van der Waals surface area (Å²) in [6.07, 6.45) is 0. The molecule has 0 aliphatic carbocycles. The topological polar surface area (TPSA) is 68.0 Å². The maximum absolute atomic E-state index is 13.0. The molecule has 1 amide bonds. The number of nitrogens with one attached hydrogen (secondary N) is 1. The van der Waals surface area contributed by atoms with E-state index in [2.05, 4.69) is 29.4 Å². The SMILES string of the molecule is CC(C)c1ccc(NC(=O)[C@H](C)Sc2nnc(-c3ccc(F)cc3)o2)cc1. The summed E-state index contributed by atoms with van der Waals surface area (Å²) in [4.78, 5) is 12.4. The van der Waals surface area contributed by atoms with Gasteiger partial charge in [-0.15, -0.1) is 10.2 Å². The normalized spacial score (nSPS) is 12.2. The third kappa shape index (κ3) is 4.95. The maximum Gasteiger partial charge on any atom is 0.277 e. The number of rotatable bonds is 6. The molecule has 1 N–H and O–H groups in total. The minimum Gasteiger partial charge on any atom is -0.411 e. The van der Waals surface area contributed by atoms with Crippen molar-refractivity contribution in [1.29, 1.82) is 0 Å². The number of hydrogen-bond donors (Lipinski definition) is 1. The summed E-state index contributed by atoms with van der Waals surface area (Å²) in [7, 11) is 0. The Balaban J connectivity index is 1.60. The van der Waals surface area contributed by atoms with Crippen LogP contribution in [0.4, 0.5) is 10.1 Å². The Hall–Kier alpha value is -2.67. The molecule has 2 aromatic carbocycles. The van der Waals surface area contributed by atoms with Gasteiger partial charge < -0.3 is 9.73 Å². The lowest BCUT2D eigenvalue weighted by molar-refractivity contribution is -0.115. The van der Waals surface area contributed by atoms with E-state index in [1.54, 1.807) is 19.1 Å². The van der Waals surface area contributed by atoms with Crippen LogP contribution < -0.4 is 5.32 Å². The summed E-state index contributed by atoms with van der Waals surface area (Å²) in [6, 6.07) is 13.6. The minimum atomic E-state index is -0.420. The van der Waals surface area contributed by atoms with Crippen LogP contribution in [-0.4, -0.2) is 21.4 Å². The van der Waals surface area contributed by atoms with Crippen molar-refractivity contribution < 1.29 is 13.6 Å². The Morgan fingerprint density at radius 1 is 1.04 bits per heavy atom. The lowest BCUT2D eigenvalue weighted by Crippen LogP contribution is -2.22. The van der Waals surface area contributed by atoms with Crippen LogP contribution in [0, 0.1) is 5.82 Å². The van der Waals surface area contributed by atoms with Gasteiger partial charge in [-0.3, -0.25) is 4.79 Å². The highest BCUT2D eigenvalue weighted by Gasteiger charge is 2.19. The number of carbonyl (C=O) groups is 1. The van der Waals surface area contributed by atoms with E-state index in [0.29, 0.717) is 11.5 Å². The summed E-state index contributed by atoms with van der Waals surface area (Å²) in [5, 5.41) is 10.6. The van der Waals surface area contributed by atoms with Crippen LogP contribution >= 0.6 is 11.8 Å². The number of nitrogens with zero attached hydrogens (tertiary/aromatic N) is 2. The molecule has 0 saturated heterocycles. The lowest BCUT2D eigenvalue weighted by Gasteiger charge is -2.11. The highest BCUT2D eigenvalue weighted by molar-refractivity contribution is 8.00. The van der Waals surface area contributed by atoms with Gasteiger partial charge in [0.05, 0.1) is 5.25 Å². The van der Waals surface area contributed by atoms with Crippen LogP contribution in [0.25, 0.3) is 11.5 Å². The molecule has 0 fully saturated rings. The molecule has 1 heterocycles. The van der Waals surface area contributed by atoms with Gasteiger partial charge in [0.15, 0.2) is 0 Å². The van der Waals surface area contributed by atoms with Gasteiger partial charge in [-0.2, -0.15) is 0 Å². The zero-order valence-corrected chi connectivity index (χ0v) is 16.1. The van der Waals surface area contributed by atoms with Gasteiger partial charge in [-0.25, -0.2) is 4.39 Å². The summed E-state index contributed by atoms with van der Waals surface area (Å²) in [5.41, 5.74) is 2.59. The van der Waals surface area contributed by atoms with E-state index >= 15 is 0 Å². The fourth-order valence-electron chi connectivity index (χ4n) is 2.37. The molecule has 0 unspecified atom stereocenters. The molecular weight excluding hydrogens is 365 g/mol. The van der Waals surface area contributed by atoms with Crippen LogP contribution in [0.1, 0.15) is 32.3 Å². The molecule has 0 radical (unpaired) electrons. The Labute approximate surface area is 161 Å². The molecule has 0 aliphatic rings. The van der Waals surface area contributed by atoms with Crippen LogP contribution in [0.5, 0.6) is 0 Å². The standard InChI is InChI=1S/C20H20FN3O2S/c1-12(2)14-6-10-17(11-7-14)22-18(25)13(3)27-20-24-23-19(26-20)15-4-8-16(21)9-5-15/h4-13H,1-3H3,(H,22,25)/t13-/m0/s1. The Morgan fingerprint density at radius 3 is 2.33 bits per heavy atom. The summed E-state index contributed by atoms with van der Waals surface area (Å²) in [5.74, 6) is 0.241. The number of anilines is 1. The van der Waals surface area contributed by atoms with Crippen molar-refractivity contribution in [3.8, 4) is 11.5 Å². The highest BCUT2D eigenvalue weighted by atomic mass is 32.2. The largest absolute Gasteiger partial charge is 0.411 e. The average Bonchev–Trinajstić information content (AvgIpc) is 3.11. The number of aromatic nitrogens is 2. The van der Waals surface area contributed by atoms with Gasteiger partial charge in [0.2, 0.25) is 11.8 Å². The molecule has 0 bridgehead atoms. The number of hydrogen-bond acceptors (Lipinski definition) is 5. The minimum absolute atomic E-state index is 0.154. The molecule has 3 aromatic rings. The first kappa shape index (κ1) is 19.1. The van der Waals surface area contributed by atoms with Crippen molar-refractivity contribution in [3.63, 3.8) is 0 Å². The molecule has 1 atom stereocenters. The lowest BCUT2D eigenvalue weighted by atomic mass is 10.0. The molecule has 5 nitrogen and oxygen atoms in total. The second-order valence-corrected chi connectivity index (χ2v) is 7.70. The first-order valence-electron chi connectivity index (χ1n) is 8.59. The van der Waals surface area contributed by atoms with E-state index in [4.69, 9.17) is 4.42 Å². The first-order valence-corrected chi connectivity index (χ1v) is 9.47. The third-order valence-electron chi connectivity index (χ3n) is 3.99. The Kier molecular flexibility index (Phi) is 5.91. The van der Waals surface area contributed by atoms with Crippen LogP contribution in [0.15, 0.2) is 58.2 Å². The van der Waals surface area contributed by atoms with Crippen molar-refractivity contribution in [2.24, 2.45) is 0 Å². The number of benzene rings is 2. The monoisotopic (exact) mass is 385 g/mol. The predicted molar refractivity (Wildman–Crippen MR) is 104 cm³/mol. The Morgan fingerprint density at radius 2 is 1.70 bits per heavy atom. The van der Waals surface area contributed by atoms with Gasteiger partial charge in [0, 0.05) is 11.3 Å². The van der Waals surface area contributed by atoms with Crippen molar-refractivity contribution >= 4 is 23.4 Å². The molecule has 3 rings (SSSR count). The van der Waals surface area contributed by atoms with E-state index in [-0.39, 0.29) is 22.8 Å². The van der Waals surface area contributed by atoms with Crippen LogP contribution in [-0.2, 0) is 4.79 Å². The summed E-state index contributed by atoms with van der Waals surface area (Å²) in [6.45, 7) is 6.01. The molecule has 27 heavy (non-hydrogen) atoms. The van der Waals surface area contributed by atoms with Gasteiger partial charge in [0.25, 0.3) is 5.22 Å². The number of carbonyl (C=O) groups excluding carboxylic acids is 1. The fourth-order valence-corrected chi connectivity index (χ4v) is 3.05. The molecule has 7 heteroatoms. The molecule has 0 saturated carbocycles. The zero-order chi connectivity index (χ0) is 19.4. The van der Waals surface area contributed by atoms with Crippen molar-refractivity contribution in [3.05, 3.63) is 59.9 Å². The van der Waals surface area contributed by atoms with Gasteiger partial charge in [-0.05, 0) is 54.8 Å². The average molecular weight is 385 g/mol. The number of amides is 1. The predicted octanol–water partition coefficient (Wildman–Crippen LogP) is 5.12. The highest BCUT2D eigenvalue weighted by Crippen LogP contribution is 2.27. The van der Waals surface area contributed by atoms with Crippen LogP contribution in [0.2, 0.25) is 0 Å². The quantitative estimate of drug-likeness (QED) is 0.597. The van der Waals surface area contributed by atoms with E-state index in [1.807, 2.05) is 24.3 Å². The van der Waals surface area contributed by atoms with Crippen molar-refractivity contribution in [2.45, 2.75) is 37.2 Å². The van der Waals surface area contributed by atoms with E-state index in [1.165, 1.54) is 29.5 Å². The second kappa shape index (κ2) is 8.35. The smallest absolute Gasteiger partial charge is 0.277 e. The zero-order valence-electron chi connectivity index (χ0n) is 15.3. The van der Waals surface area contributed by atoms with Gasteiger partial charge >= 0.3 is 0 Å². The fraction of sp³-hybridized carbons (Fsp3) is 0.250. The molecule has 0 aliphatic heterocycles. The summed E-state index contributed by atoms with van der Waals surface area (Å²) < 4.78 is 18.6.